The highest BCUT2D eigenvalue weighted by Gasteiger charge is 2.20. The number of benzene rings is 2. The van der Waals surface area contributed by atoms with E-state index in [-0.39, 0.29) is 5.82 Å². The quantitative estimate of drug-likeness (QED) is 0.826. The van der Waals surface area contributed by atoms with E-state index >= 15 is 0 Å². The monoisotopic (exact) mass is 349 g/mol. The maximum Gasteiger partial charge on any atom is 0.173 e. The Labute approximate surface area is 145 Å². The van der Waals surface area contributed by atoms with Crippen LogP contribution in [-0.4, -0.2) is 36.2 Å². The van der Waals surface area contributed by atoms with Gasteiger partial charge < -0.3 is 15.1 Å². The molecule has 120 valence electrons. The Morgan fingerprint density at radius 1 is 1.00 bits per heavy atom. The van der Waals surface area contributed by atoms with E-state index in [4.69, 9.17) is 23.8 Å². The van der Waals surface area contributed by atoms with Gasteiger partial charge in [-0.15, -0.1) is 0 Å². The molecule has 0 saturated carbocycles. The van der Waals surface area contributed by atoms with Crippen molar-refractivity contribution in [3.63, 3.8) is 0 Å². The lowest BCUT2D eigenvalue weighted by atomic mass is 10.2. The smallest absolute Gasteiger partial charge is 0.173 e. The van der Waals surface area contributed by atoms with Gasteiger partial charge in [-0.25, -0.2) is 4.39 Å². The van der Waals surface area contributed by atoms with Crippen LogP contribution in [0.4, 0.5) is 15.8 Å². The second-order valence-corrected chi connectivity index (χ2v) is 6.16. The van der Waals surface area contributed by atoms with Gasteiger partial charge >= 0.3 is 0 Å². The zero-order valence-electron chi connectivity index (χ0n) is 12.5. The van der Waals surface area contributed by atoms with Crippen LogP contribution in [0.25, 0.3) is 0 Å². The Hall–Kier alpha value is -1.85. The molecule has 1 aliphatic heterocycles. The Morgan fingerprint density at radius 2 is 1.65 bits per heavy atom. The van der Waals surface area contributed by atoms with Gasteiger partial charge in [-0.05, 0) is 48.6 Å². The molecule has 0 radical (unpaired) electrons. The first-order chi connectivity index (χ1) is 11.1. The lowest BCUT2D eigenvalue weighted by Gasteiger charge is -2.37. The lowest BCUT2D eigenvalue weighted by Crippen LogP contribution is -2.50. The third-order valence-corrected chi connectivity index (χ3v) is 4.54. The summed E-state index contributed by atoms with van der Waals surface area (Å²) in [6.45, 7) is 3.35. The number of thiocarbonyl (C=S) groups is 1. The molecule has 0 amide bonds. The maximum absolute atomic E-state index is 12.9. The van der Waals surface area contributed by atoms with Crippen molar-refractivity contribution in [3.05, 3.63) is 59.4 Å². The van der Waals surface area contributed by atoms with E-state index in [1.807, 2.05) is 24.3 Å². The Kier molecular flexibility index (Phi) is 4.98. The molecule has 3 nitrogen and oxygen atoms in total. The number of nitrogens with zero attached hydrogens (tertiary/aromatic N) is 2. The van der Waals surface area contributed by atoms with Gasteiger partial charge in [-0.3, -0.25) is 0 Å². The summed E-state index contributed by atoms with van der Waals surface area (Å²) in [7, 11) is 0. The van der Waals surface area contributed by atoms with Crippen molar-refractivity contribution in [1.82, 2.24) is 4.90 Å². The summed E-state index contributed by atoms with van der Waals surface area (Å²) in [5.74, 6) is -0.255. The van der Waals surface area contributed by atoms with Crippen LogP contribution in [-0.2, 0) is 0 Å². The highest BCUT2D eigenvalue weighted by molar-refractivity contribution is 7.80. The minimum absolute atomic E-state index is 0.255. The standard InChI is InChI=1S/C17H17ClFN3S/c18-15-3-1-2-4-16(15)21-9-11-22(12-10-21)17(23)20-14-7-5-13(19)6-8-14/h1-8H,9-12H2,(H,20,23). The van der Waals surface area contributed by atoms with Crippen molar-refractivity contribution in [2.45, 2.75) is 0 Å². The molecule has 0 aromatic heterocycles. The topological polar surface area (TPSA) is 18.5 Å². The Bertz CT molecular complexity index is 684. The fraction of sp³-hybridized carbons (Fsp3) is 0.235. The molecular weight excluding hydrogens is 333 g/mol. The van der Waals surface area contributed by atoms with Crippen LogP contribution < -0.4 is 10.2 Å². The average molecular weight is 350 g/mol. The van der Waals surface area contributed by atoms with Crippen LogP contribution in [0.3, 0.4) is 0 Å². The number of hydrogen-bond donors (Lipinski definition) is 1. The molecule has 0 unspecified atom stereocenters. The molecule has 1 N–H and O–H groups in total. The maximum atomic E-state index is 12.9. The van der Waals surface area contributed by atoms with Crippen molar-refractivity contribution < 1.29 is 4.39 Å². The van der Waals surface area contributed by atoms with Crippen molar-refractivity contribution in [2.24, 2.45) is 0 Å². The summed E-state index contributed by atoms with van der Waals surface area (Å²) in [5, 5.41) is 4.58. The summed E-state index contributed by atoms with van der Waals surface area (Å²) in [4.78, 5) is 4.38. The summed E-state index contributed by atoms with van der Waals surface area (Å²) in [6.07, 6.45) is 0. The molecule has 0 spiro atoms. The van der Waals surface area contributed by atoms with Crippen molar-refractivity contribution in [2.75, 3.05) is 36.4 Å². The van der Waals surface area contributed by atoms with Gasteiger partial charge in [0.1, 0.15) is 5.82 Å². The van der Waals surface area contributed by atoms with Crippen LogP contribution in [0.2, 0.25) is 5.02 Å². The summed E-state index contributed by atoms with van der Waals surface area (Å²) >= 11 is 11.7. The minimum atomic E-state index is -0.255. The number of nitrogens with one attached hydrogen (secondary N) is 1. The molecule has 0 bridgehead atoms. The van der Waals surface area contributed by atoms with Crippen LogP contribution in [0, 0.1) is 5.82 Å². The number of hydrogen-bond acceptors (Lipinski definition) is 2. The van der Waals surface area contributed by atoms with Gasteiger partial charge in [0.05, 0.1) is 10.7 Å². The van der Waals surface area contributed by atoms with E-state index in [9.17, 15) is 4.39 Å². The predicted octanol–water partition coefficient (Wildman–Crippen LogP) is 4.00. The molecule has 1 fully saturated rings. The lowest BCUT2D eigenvalue weighted by molar-refractivity contribution is 0.391. The van der Waals surface area contributed by atoms with Crippen LogP contribution >= 0.6 is 23.8 Å². The zero-order valence-corrected chi connectivity index (χ0v) is 14.1. The molecule has 1 heterocycles. The van der Waals surface area contributed by atoms with Gasteiger partial charge in [0.25, 0.3) is 0 Å². The van der Waals surface area contributed by atoms with Crippen molar-refractivity contribution in [3.8, 4) is 0 Å². The third-order valence-electron chi connectivity index (χ3n) is 3.86. The molecule has 3 rings (SSSR count). The van der Waals surface area contributed by atoms with Gasteiger partial charge in [-0.1, -0.05) is 23.7 Å². The minimum Gasteiger partial charge on any atom is -0.367 e. The summed E-state index contributed by atoms with van der Waals surface area (Å²) in [6, 6.07) is 14.1. The van der Waals surface area contributed by atoms with Crippen molar-refractivity contribution >= 4 is 40.3 Å². The van der Waals surface area contributed by atoms with Crippen LogP contribution in [0.15, 0.2) is 48.5 Å². The SMILES string of the molecule is Fc1ccc(NC(=S)N2CCN(c3ccccc3Cl)CC2)cc1. The summed E-state index contributed by atoms with van der Waals surface area (Å²) in [5.41, 5.74) is 1.86. The first-order valence-corrected chi connectivity index (χ1v) is 8.23. The van der Waals surface area contributed by atoms with Crippen LogP contribution in [0.1, 0.15) is 0 Å². The average Bonchev–Trinajstić information content (AvgIpc) is 2.57. The normalized spacial score (nSPS) is 14.7. The van der Waals surface area contributed by atoms with E-state index in [2.05, 4.69) is 15.1 Å². The Balaban J connectivity index is 1.57. The molecule has 1 saturated heterocycles. The van der Waals surface area contributed by atoms with E-state index < -0.39 is 0 Å². The number of halogens is 2. The van der Waals surface area contributed by atoms with Crippen molar-refractivity contribution in [1.29, 1.82) is 0 Å². The number of para-hydroxylation sites is 1. The van der Waals surface area contributed by atoms with E-state index in [1.165, 1.54) is 12.1 Å². The van der Waals surface area contributed by atoms with Gasteiger partial charge in [0.2, 0.25) is 0 Å². The van der Waals surface area contributed by atoms with Crippen LogP contribution in [0.5, 0.6) is 0 Å². The van der Waals surface area contributed by atoms with Gasteiger partial charge in [0, 0.05) is 31.9 Å². The second kappa shape index (κ2) is 7.15. The molecule has 0 aliphatic carbocycles. The molecule has 1 aliphatic rings. The molecule has 2 aromatic rings. The van der Waals surface area contributed by atoms with Gasteiger partial charge in [0.15, 0.2) is 5.11 Å². The number of rotatable bonds is 2. The summed E-state index contributed by atoms with van der Waals surface area (Å²) < 4.78 is 12.9. The highest BCUT2D eigenvalue weighted by Crippen LogP contribution is 2.26. The number of piperazine rings is 1. The molecule has 23 heavy (non-hydrogen) atoms. The molecule has 6 heteroatoms. The molecule has 0 atom stereocenters. The molecule has 2 aromatic carbocycles. The first kappa shape index (κ1) is 16.0. The fourth-order valence-electron chi connectivity index (χ4n) is 2.59. The van der Waals surface area contributed by atoms with E-state index in [0.717, 1.165) is 42.6 Å². The third kappa shape index (κ3) is 3.92. The molecular formula is C17H17ClFN3S. The largest absolute Gasteiger partial charge is 0.367 e. The van der Waals surface area contributed by atoms with E-state index in [0.29, 0.717) is 5.11 Å². The predicted molar refractivity (Wildman–Crippen MR) is 97.9 cm³/mol. The number of anilines is 2. The zero-order chi connectivity index (χ0) is 16.2. The van der Waals surface area contributed by atoms with E-state index in [1.54, 1.807) is 12.1 Å². The second-order valence-electron chi connectivity index (χ2n) is 5.36. The highest BCUT2D eigenvalue weighted by atomic mass is 35.5. The Morgan fingerprint density at radius 3 is 2.30 bits per heavy atom. The first-order valence-electron chi connectivity index (χ1n) is 7.44. The fourth-order valence-corrected chi connectivity index (χ4v) is 3.15. The van der Waals surface area contributed by atoms with Gasteiger partial charge in [-0.2, -0.15) is 0 Å².